The molecule has 0 spiro atoms. The molecule has 20 heavy (non-hydrogen) atoms. The molecule has 0 fully saturated rings. The highest BCUT2D eigenvalue weighted by Gasteiger charge is 2.21. The van der Waals surface area contributed by atoms with Gasteiger partial charge in [0.15, 0.2) is 0 Å². The zero-order valence-electron chi connectivity index (χ0n) is 11.1. The van der Waals surface area contributed by atoms with Gasteiger partial charge in [-0.05, 0) is 6.92 Å². The Morgan fingerprint density at radius 1 is 1.50 bits per heavy atom. The number of aryl methyl sites for hydroxylation is 2. The lowest BCUT2D eigenvalue weighted by Gasteiger charge is -2.07. The van der Waals surface area contributed by atoms with Crippen LogP contribution < -0.4 is 11.1 Å². The minimum absolute atomic E-state index is 0.00532. The minimum Gasteiger partial charge on any atom is -0.368 e. The standard InChI is InChI=1S/C10H14N8O2/c1-6-8(18(19)20)9(15-10(11)14-6)12-4-3-7-16-13-5-17(7)2/h5H,3-4H2,1-2H3,(H3,11,12,14,15). The highest BCUT2D eigenvalue weighted by molar-refractivity contribution is 5.60. The van der Waals surface area contributed by atoms with Gasteiger partial charge in [0.1, 0.15) is 17.8 Å². The van der Waals surface area contributed by atoms with Crippen molar-refractivity contribution in [2.24, 2.45) is 7.05 Å². The van der Waals surface area contributed by atoms with Crippen molar-refractivity contribution in [3.63, 3.8) is 0 Å². The average molecular weight is 278 g/mol. The van der Waals surface area contributed by atoms with Gasteiger partial charge < -0.3 is 15.6 Å². The Labute approximate surface area is 114 Å². The van der Waals surface area contributed by atoms with E-state index < -0.39 is 4.92 Å². The van der Waals surface area contributed by atoms with Crippen LogP contribution in [0.2, 0.25) is 0 Å². The molecule has 2 aromatic heterocycles. The summed E-state index contributed by atoms with van der Waals surface area (Å²) in [5, 5.41) is 21.6. The molecule has 0 aliphatic carbocycles. The first-order chi connectivity index (χ1) is 9.49. The van der Waals surface area contributed by atoms with Crippen LogP contribution in [0.15, 0.2) is 6.33 Å². The van der Waals surface area contributed by atoms with E-state index in [0.717, 1.165) is 5.82 Å². The summed E-state index contributed by atoms with van der Waals surface area (Å²) in [6.07, 6.45) is 2.14. The van der Waals surface area contributed by atoms with Crippen LogP contribution >= 0.6 is 0 Å². The molecular weight excluding hydrogens is 264 g/mol. The van der Waals surface area contributed by atoms with Crippen molar-refractivity contribution in [1.29, 1.82) is 0 Å². The van der Waals surface area contributed by atoms with Gasteiger partial charge in [-0.15, -0.1) is 10.2 Å². The monoisotopic (exact) mass is 278 g/mol. The molecule has 2 aromatic rings. The Bertz CT molecular complexity index is 638. The zero-order valence-corrected chi connectivity index (χ0v) is 11.1. The van der Waals surface area contributed by atoms with Crippen molar-refractivity contribution in [2.45, 2.75) is 13.3 Å². The van der Waals surface area contributed by atoms with E-state index >= 15 is 0 Å². The number of nitrogens with one attached hydrogen (secondary N) is 1. The fraction of sp³-hybridized carbons (Fsp3) is 0.400. The van der Waals surface area contributed by atoms with Crippen LogP contribution in [0.5, 0.6) is 0 Å². The van der Waals surface area contributed by atoms with Crippen molar-refractivity contribution in [3.8, 4) is 0 Å². The van der Waals surface area contributed by atoms with Crippen molar-refractivity contribution in [2.75, 3.05) is 17.6 Å². The lowest BCUT2D eigenvalue weighted by atomic mass is 10.3. The Morgan fingerprint density at radius 2 is 2.25 bits per heavy atom. The summed E-state index contributed by atoms with van der Waals surface area (Å²) >= 11 is 0. The van der Waals surface area contributed by atoms with Gasteiger partial charge in [-0.25, -0.2) is 4.98 Å². The molecule has 0 unspecified atom stereocenters. The predicted octanol–water partition coefficient (Wildman–Crippen LogP) is 0.0585. The minimum atomic E-state index is -0.528. The van der Waals surface area contributed by atoms with E-state index in [2.05, 4.69) is 25.5 Å². The third-order valence-corrected chi connectivity index (χ3v) is 2.70. The lowest BCUT2D eigenvalue weighted by molar-refractivity contribution is -0.385. The maximum absolute atomic E-state index is 11.0. The number of anilines is 2. The molecule has 2 heterocycles. The van der Waals surface area contributed by atoms with Crippen LogP contribution in [-0.2, 0) is 13.5 Å². The first-order valence-electron chi connectivity index (χ1n) is 5.84. The molecule has 0 saturated heterocycles. The van der Waals surface area contributed by atoms with Crippen LogP contribution in [0.25, 0.3) is 0 Å². The van der Waals surface area contributed by atoms with Crippen LogP contribution in [0.3, 0.4) is 0 Å². The summed E-state index contributed by atoms with van der Waals surface area (Å²) in [6.45, 7) is 1.94. The van der Waals surface area contributed by atoms with Crippen molar-refractivity contribution < 1.29 is 4.92 Å². The zero-order chi connectivity index (χ0) is 14.7. The number of aromatic nitrogens is 5. The summed E-state index contributed by atoms with van der Waals surface area (Å²) in [7, 11) is 1.82. The van der Waals surface area contributed by atoms with Gasteiger partial charge in [0.05, 0.1) is 4.92 Å². The van der Waals surface area contributed by atoms with Gasteiger partial charge in [-0.2, -0.15) is 4.98 Å². The largest absolute Gasteiger partial charge is 0.368 e. The first-order valence-corrected chi connectivity index (χ1v) is 5.84. The maximum Gasteiger partial charge on any atom is 0.332 e. The van der Waals surface area contributed by atoms with Gasteiger partial charge in [-0.3, -0.25) is 10.1 Å². The van der Waals surface area contributed by atoms with E-state index in [1.807, 2.05) is 7.05 Å². The molecule has 10 nitrogen and oxygen atoms in total. The SMILES string of the molecule is Cc1nc(N)nc(NCCc2nncn2C)c1[N+](=O)[O-]. The number of hydrogen-bond acceptors (Lipinski definition) is 8. The van der Waals surface area contributed by atoms with Crippen molar-refractivity contribution in [1.82, 2.24) is 24.7 Å². The predicted molar refractivity (Wildman–Crippen MR) is 71.0 cm³/mol. The molecule has 0 aromatic carbocycles. The number of nitrogens with zero attached hydrogens (tertiary/aromatic N) is 6. The number of nitrogen functional groups attached to an aromatic ring is 1. The summed E-state index contributed by atoms with van der Waals surface area (Å²) in [6, 6.07) is 0. The molecule has 3 N–H and O–H groups in total. The van der Waals surface area contributed by atoms with Gasteiger partial charge in [0.25, 0.3) is 0 Å². The van der Waals surface area contributed by atoms with E-state index in [9.17, 15) is 10.1 Å². The van der Waals surface area contributed by atoms with Crippen LogP contribution in [0.4, 0.5) is 17.5 Å². The highest BCUT2D eigenvalue weighted by Crippen LogP contribution is 2.25. The Kier molecular flexibility index (Phi) is 3.73. The van der Waals surface area contributed by atoms with E-state index in [0.29, 0.717) is 13.0 Å². The van der Waals surface area contributed by atoms with E-state index in [1.54, 1.807) is 10.9 Å². The molecule has 0 atom stereocenters. The number of nitrogens with two attached hydrogens (primary N) is 1. The topological polar surface area (TPSA) is 138 Å². The molecule has 0 bridgehead atoms. The second-order valence-corrected chi connectivity index (χ2v) is 4.16. The Balaban J connectivity index is 2.13. The third kappa shape index (κ3) is 2.79. The quantitative estimate of drug-likeness (QED) is 0.578. The molecule has 2 rings (SSSR count). The average Bonchev–Trinajstić information content (AvgIpc) is 2.73. The smallest absolute Gasteiger partial charge is 0.332 e. The highest BCUT2D eigenvalue weighted by atomic mass is 16.6. The Hall–Kier alpha value is -2.78. The van der Waals surface area contributed by atoms with E-state index in [4.69, 9.17) is 5.73 Å². The molecule has 0 radical (unpaired) electrons. The molecule has 10 heteroatoms. The second-order valence-electron chi connectivity index (χ2n) is 4.16. The third-order valence-electron chi connectivity index (χ3n) is 2.70. The van der Waals surface area contributed by atoms with Gasteiger partial charge >= 0.3 is 5.69 Å². The lowest BCUT2D eigenvalue weighted by Crippen LogP contribution is -2.13. The summed E-state index contributed by atoms with van der Waals surface area (Å²) in [5.74, 6) is 0.871. The maximum atomic E-state index is 11.0. The molecular formula is C10H14N8O2. The number of hydrogen-bond donors (Lipinski definition) is 2. The molecule has 0 aliphatic rings. The van der Waals surface area contributed by atoms with Gasteiger partial charge in [0.2, 0.25) is 11.8 Å². The second kappa shape index (κ2) is 5.47. The Morgan fingerprint density at radius 3 is 2.85 bits per heavy atom. The van der Waals surface area contributed by atoms with E-state index in [1.165, 1.54) is 6.92 Å². The fourth-order valence-electron chi connectivity index (χ4n) is 1.76. The fourth-order valence-corrected chi connectivity index (χ4v) is 1.76. The normalized spacial score (nSPS) is 10.5. The molecule has 0 saturated carbocycles. The van der Waals surface area contributed by atoms with Crippen molar-refractivity contribution >= 4 is 17.5 Å². The number of nitro groups is 1. The molecule has 0 aliphatic heterocycles. The summed E-state index contributed by atoms with van der Waals surface area (Å²) in [5.41, 5.74) is 5.56. The molecule has 106 valence electrons. The van der Waals surface area contributed by atoms with Crippen LogP contribution in [-0.4, -0.2) is 36.2 Å². The van der Waals surface area contributed by atoms with Gasteiger partial charge in [-0.1, -0.05) is 0 Å². The van der Waals surface area contributed by atoms with Crippen molar-refractivity contribution in [3.05, 3.63) is 28.0 Å². The first kappa shape index (κ1) is 13.6. The summed E-state index contributed by atoms with van der Waals surface area (Å²) in [4.78, 5) is 18.1. The summed E-state index contributed by atoms with van der Waals surface area (Å²) < 4.78 is 1.77. The molecule has 0 amide bonds. The van der Waals surface area contributed by atoms with Crippen LogP contribution in [0, 0.1) is 17.0 Å². The number of rotatable bonds is 5. The van der Waals surface area contributed by atoms with E-state index in [-0.39, 0.29) is 23.1 Å². The van der Waals surface area contributed by atoms with Gasteiger partial charge in [0, 0.05) is 20.0 Å². The van der Waals surface area contributed by atoms with Crippen LogP contribution in [0.1, 0.15) is 11.5 Å².